The second-order valence-electron chi connectivity index (χ2n) is 8.49. The van der Waals surface area contributed by atoms with Gasteiger partial charge in [0.1, 0.15) is 0 Å². The molecule has 0 aliphatic rings. The maximum atomic E-state index is 12.0. The molecule has 9 heteroatoms. The van der Waals surface area contributed by atoms with Crippen LogP contribution in [-0.2, 0) is 13.0 Å². The zero-order chi connectivity index (χ0) is 19.9. The monoisotopic (exact) mass is 407 g/mol. The number of hydrogen-bond donors (Lipinski definition) is 2. The number of rotatable bonds is 12. The summed E-state index contributed by atoms with van der Waals surface area (Å²) < 4.78 is 12.9. The van der Waals surface area contributed by atoms with Crippen LogP contribution < -0.4 is 0 Å². The largest absolute Gasteiger partial charge is 0.437 e. The minimum Gasteiger partial charge on any atom is -0.437 e. The number of carbonyl (C=O) groups excluding carboxylic acids is 1. The molecule has 0 bridgehead atoms. The maximum Gasteiger partial charge on any atom is 0.314 e. The SMILES string of the molecule is C=CC(=O)N(CCC[Si](C)(O[Si](C)(C)C)O[Si](C)(C)C)CC(O)CO. The molecule has 0 spiro atoms. The van der Waals surface area contributed by atoms with E-state index in [-0.39, 0.29) is 19.1 Å². The van der Waals surface area contributed by atoms with Crippen molar-refractivity contribution in [1.29, 1.82) is 0 Å². The van der Waals surface area contributed by atoms with Gasteiger partial charge in [-0.2, -0.15) is 0 Å². The van der Waals surface area contributed by atoms with Gasteiger partial charge in [-0.3, -0.25) is 4.79 Å². The molecule has 0 aromatic rings. The first-order valence-corrected chi connectivity index (χ1v) is 18.2. The van der Waals surface area contributed by atoms with E-state index in [1.165, 1.54) is 11.0 Å². The molecule has 148 valence electrons. The predicted molar refractivity (Wildman–Crippen MR) is 110 cm³/mol. The van der Waals surface area contributed by atoms with E-state index in [9.17, 15) is 9.90 Å². The van der Waals surface area contributed by atoms with Crippen molar-refractivity contribution >= 4 is 31.1 Å². The van der Waals surface area contributed by atoms with Gasteiger partial charge in [-0.1, -0.05) is 6.58 Å². The topological polar surface area (TPSA) is 79.2 Å². The summed E-state index contributed by atoms with van der Waals surface area (Å²) in [5.41, 5.74) is 0. The van der Waals surface area contributed by atoms with Crippen molar-refractivity contribution in [2.45, 2.75) is 64.4 Å². The fourth-order valence-electron chi connectivity index (χ4n) is 2.74. The van der Waals surface area contributed by atoms with Crippen LogP contribution in [0, 0.1) is 0 Å². The average Bonchev–Trinajstić information content (AvgIpc) is 2.40. The second kappa shape index (κ2) is 10.1. The maximum absolute atomic E-state index is 12.0. The first-order valence-electron chi connectivity index (χ1n) is 8.82. The van der Waals surface area contributed by atoms with Crippen molar-refractivity contribution in [2.75, 3.05) is 19.7 Å². The Balaban J connectivity index is 4.95. The lowest BCUT2D eigenvalue weighted by Gasteiger charge is -2.39. The van der Waals surface area contributed by atoms with Gasteiger partial charge in [-0.15, -0.1) is 0 Å². The van der Waals surface area contributed by atoms with E-state index >= 15 is 0 Å². The van der Waals surface area contributed by atoms with Crippen molar-refractivity contribution in [3.05, 3.63) is 12.7 Å². The molecule has 0 saturated carbocycles. The van der Waals surface area contributed by atoms with Crippen LogP contribution in [0.5, 0.6) is 0 Å². The molecule has 1 unspecified atom stereocenters. The van der Waals surface area contributed by atoms with E-state index in [1.807, 2.05) is 0 Å². The van der Waals surface area contributed by atoms with Crippen LogP contribution in [0.4, 0.5) is 0 Å². The molecule has 0 heterocycles. The molecule has 0 aliphatic carbocycles. The third-order valence-corrected chi connectivity index (χ3v) is 12.8. The van der Waals surface area contributed by atoms with E-state index < -0.39 is 31.3 Å². The Morgan fingerprint density at radius 3 is 1.96 bits per heavy atom. The van der Waals surface area contributed by atoms with Crippen molar-refractivity contribution in [1.82, 2.24) is 4.90 Å². The molecule has 25 heavy (non-hydrogen) atoms. The molecule has 0 aromatic heterocycles. The van der Waals surface area contributed by atoms with Gasteiger partial charge >= 0.3 is 8.56 Å². The molecule has 2 N–H and O–H groups in total. The summed E-state index contributed by atoms with van der Waals surface area (Å²) in [6.07, 6.45) is 1.02. The van der Waals surface area contributed by atoms with Crippen LogP contribution in [0.25, 0.3) is 0 Å². The Bertz CT molecular complexity index is 418. The molecule has 1 atom stereocenters. The Hall–Kier alpha value is -0.299. The molecule has 0 fully saturated rings. The molecule has 0 aromatic carbocycles. The fourth-order valence-corrected chi connectivity index (χ4v) is 15.3. The molecular formula is C16H37NO5Si3. The summed E-state index contributed by atoms with van der Waals surface area (Å²) in [7, 11) is -5.81. The van der Waals surface area contributed by atoms with Gasteiger partial charge in [-0.25, -0.2) is 0 Å². The van der Waals surface area contributed by atoms with Crippen molar-refractivity contribution in [2.24, 2.45) is 0 Å². The lowest BCUT2D eigenvalue weighted by Crippen LogP contribution is -2.52. The first kappa shape index (κ1) is 24.7. The highest BCUT2D eigenvalue weighted by Gasteiger charge is 2.39. The zero-order valence-electron chi connectivity index (χ0n) is 17.0. The molecule has 0 saturated heterocycles. The van der Waals surface area contributed by atoms with Crippen LogP contribution in [0.1, 0.15) is 6.42 Å². The quantitative estimate of drug-likeness (QED) is 0.384. The van der Waals surface area contributed by atoms with Crippen LogP contribution in [0.2, 0.25) is 51.9 Å². The van der Waals surface area contributed by atoms with Crippen LogP contribution in [-0.4, -0.2) is 72.0 Å². The summed E-state index contributed by atoms with van der Waals surface area (Å²) >= 11 is 0. The predicted octanol–water partition coefficient (Wildman–Crippen LogP) is 2.52. The summed E-state index contributed by atoms with van der Waals surface area (Å²) in [6.45, 7) is 18.8. The lowest BCUT2D eigenvalue weighted by atomic mass is 10.3. The third kappa shape index (κ3) is 11.8. The standard InChI is InChI=1S/C16H37NO5Si3/c1-9-16(20)17(13-15(19)14-18)11-10-12-25(8,21-23(2,3)4)22-24(5,6)7/h9,15,18-19H,1,10-14H2,2-8H3. The summed E-state index contributed by atoms with van der Waals surface area (Å²) in [4.78, 5) is 13.5. The molecule has 0 rings (SSSR count). The van der Waals surface area contributed by atoms with E-state index in [2.05, 4.69) is 52.4 Å². The number of aliphatic hydroxyl groups excluding tert-OH is 2. The molecular weight excluding hydrogens is 370 g/mol. The third-order valence-electron chi connectivity index (χ3n) is 3.23. The Morgan fingerprint density at radius 2 is 1.60 bits per heavy atom. The highest BCUT2D eigenvalue weighted by molar-refractivity contribution is 6.87. The van der Waals surface area contributed by atoms with Crippen LogP contribution in [0.15, 0.2) is 12.7 Å². The Morgan fingerprint density at radius 1 is 1.12 bits per heavy atom. The van der Waals surface area contributed by atoms with Crippen molar-refractivity contribution in [3.63, 3.8) is 0 Å². The van der Waals surface area contributed by atoms with Gasteiger partial charge in [0.25, 0.3) is 0 Å². The Kier molecular flexibility index (Phi) is 10.0. The van der Waals surface area contributed by atoms with Gasteiger partial charge < -0.3 is 23.3 Å². The van der Waals surface area contributed by atoms with Crippen molar-refractivity contribution in [3.8, 4) is 0 Å². The average molecular weight is 408 g/mol. The van der Waals surface area contributed by atoms with E-state index in [0.717, 1.165) is 12.5 Å². The van der Waals surface area contributed by atoms with Gasteiger partial charge in [0.15, 0.2) is 16.6 Å². The zero-order valence-corrected chi connectivity index (χ0v) is 20.0. The minimum atomic E-state index is -2.33. The number of amides is 1. The summed E-state index contributed by atoms with van der Waals surface area (Å²) in [5, 5.41) is 18.6. The normalized spacial score (nSPS) is 14.3. The van der Waals surface area contributed by atoms with Crippen LogP contribution in [0.3, 0.4) is 0 Å². The highest BCUT2D eigenvalue weighted by Crippen LogP contribution is 2.25. The molecule has 0 radical (unpaired) electrons. The lowest BCUT2D eigenvalue weighted by molar-refractivity contribution is -0.127. The number of aliphatic hydroxyl groups is 2. The summed E-state index contributed by atoms with van der Waals surface area (Å²) in [5.74, 6) is -0.243. The van der Waals surface area contributed by atoms with Gasteiger partial charge in [0.2, 0.25) is 5.91 Å². The van der Waals surface area contributed by atoms with Crippen molar-refractivity contribution < 1.29 is 23.2 Å². The van der Waals surface area contributed by atoms with Gasteiger partial charge in [-0.05, 0) is 64.4 Å². The minimum absolute atomic E-state index is 0.101. The molecule has 1 amide bonds. The number of hydrogen-bond acceptors (Lipinski definition) is 5. The second-order valence-corrected chi connectivity index (χ2v) is 21.3. The van der Waals surface area contributed by atoms with E-state index in [4.69, 9.17) is 13.3 Å². The van der Waals surface area contributed by atoms with E-state index in [0.29, 0.717) is 6.54 Å². The van der Waals surface area contributed by atoms with Crippen LogP contribution >= 0.6 is 0 Å². The van der Waals surface area contributed by atoms with E-state index in [1.54, 1.807) is 0 Å². The Labute approximate surface area is 156 Å². The number of nitrogens with zero attached hydrogens (tertiary/aromatic N) is 1. The first-order chi connectivity index (χ1) is 11.2. The molecule has 6 nitrogen and oxygen atoms in total. The fraction of sp³-hybridized carbons (Fsp3) is 0.812. The summed E-state index contributed by atoms with van der Waals surface area (Å²) in [6, 6.07) is 0.789. The molecule has 0 aliphatic heterocycles. The smallest absolute Gasteiger partial charge is 0.314 e. The van der Waals surface area contributed by atoms with Gasteiger partial charge in [0.05, 0.1) is 12.7 Å². The highest BCUT2D eigenvalue weighted by atomic mass is 28.5. The number of carbonyl (C=O) groups is 1. The van der Waals surface area contributed by atoms with Gasteiger partial charge in [0, 0.05) is 13.1 Å².